The van der Waals surface area contributed by atoms with Gasteiger partial charge in [-0.15, -0.1) is 0 Å². The highest BCUT2D eigenvalue weighted by Crippen LogP contribution is 2.43. The molecule has 1 rings (SSSR count). The van der Waals surface area contributed by atoms with Crippen molar-refractivity contribution < 1.29 is 28.9 Å². The highest BCUT2D eigenvalue weighted by Gasteiger charge is 2.42. The number of alkyl halides is 2. The molecule has 27 heavy (non-hydrogen) atoms. The van der Waals surface area contributed by atoms with E-state index in [1.165, 1.54) is 0 Å². The number of aliphatic hydroxyl groups excluding tert-OH is 2. The molecule has 0 amide bonds. The molecule has 5 atom stereocenters. The zero-order chi connectivity index (χ0) is 20.4. The van der Waals surface area contributed by atoms with E-state index in [9.17, 15) is 23.8 Å². The molecule has 0 aromatic heterocycles. The standard InChI is InChI=1S/C21H38F2O4/c1-3-4-13-21(22,23)19(25)12-11-16-15(2)14-18(24)17(16)9-7-5-6-8-10-20(26)27/h15-19,24-25H,3-14H2,1-2H3,(H,26,27)/t15-,16+,17-,18+,19?/m1/s1. The van der Waals surface area contributed by atoms with Crippen LogP contribution in [0.3, 0.4) is 0 Å². The molecule has 0 aliphatic heterocycles. The Morgan fingerprint density at radius 1 is 1.11 bits per heavy atom. The molecular weight excluding hydrogens is 354 g/mol. The average Bonchev–Trinajstić information content (AvgIpc) is 2.86. The van der Waals surface area contributed by atoms with E-state index >= 15 is 0 Å². The van der Waals surface area contributed by atoms with Gasteiger partial charge in [0.25, 0.3) is 5.92 Å². The SMILES string of the molecule is CCCCC(F)(F)C(O)CC[C@@H]1[C@@H](CCCCCCC(=O)O)[C@@H](O)C[C@H]1C. The molecule has 0 bridgehead atoms. The molecule has 0 radical (unpaired) electrons. The lowest BCUT2D eigenvalue weighted by Gasteiger charge is -2.28. The fourth-order valence-corrected chi connectivity index (χ4v) is 4.49. The zero-order valence-corrected chi connectivity index (χ0v) is 16.9. The Morgan fingerprint density at radius 2 is 1.78 bits per heavy atom. The molecule has 1 aliphatic carbocycles. The molecule has 3 N–H and O–H groups in total. The lowest BCUT2D eigenvalue weighted by molar-refractivity contribution is -0.137. The smallest absolute Gasteiger partial charge is 0.303 e. The molecule has 1 saturated carbocycles. The summed E-state index contributed by atoms with van der Waals surface area (Å²) in [6, 6.07) is 0. The highest BCUT2D eigenvalue weighted by atomic mass is 19.3. The quantitative estimate of drug-likeness (QED) is 0.363. The van der Waals surface area contributed by atoms with E-state index < -0.39 is 24.1 Å². The van der Waals surface area contributed by atoms with Crippen molar-refractivity contribution in [2.24, 2.45) is 17.8 Å². The average molecular weight is 393 g/mol. The van der Waals surface area contributed by atoms with Crippen LogP contribution in [-0.2, 0) is 4.79 Å². The number of halogens is 2. The lowest BCUT2D eigenvalue weighted by Crippen LogP contribution is -2.34. The van der Waals surface area contributed by atoms with Crippen molar-refractivity contribution in [3.63, 3.8) is 0 Å². The summed E-state index contributed by atoms with van der Waals surface area (Å²) in [7, 11) is 0. The Kier molecular flexibility index (Phi) is 10.7. The van der Waals surface area contributed by atoms with Crippen LogP contribution in [0.2, 0.25) is 0 Å². The summed E-state index contributed by atoms with van der Waals surface area (Å²) in [5.41, 5.74) is 0. The predicted octanol–water partition coefficient (Wildman–Crippen LogP) is 5.01. The summed E-state index contributed by atoms with van der Waals surface area (Å²) in [5.74, 6) is -3.28. The highest BCUT2D eigenvalue weighted by molar-refractivity contribution is 5.66. The Morgan fingerprint density at radius 3 is 2.41 bits per heavy atom. The fourth-order valence-electron chi connectivity index (χ4n) is 4.49. The topological polar surface area (TPSA) is 77.8 Å². The Bertz CT molecular complexity index is 430. The molecule has 1 fully saturated rings. The number of carboxylic acids is 1. The van der Waals surface area contributed by atoms with Crippen LogP contribution in [0.25, 0.3) is 0 Å². The van der Waals surface area contributed by atoms with Crippen LogP contribution in [0.5, 0.6) is 0 Å². The third-order valence-corrected chi connectivity index (χ3v) is 6.19. The van der Waals surface area contributed by atoms with Crippen LogP contribution in [0.1, 0.15) is 90.9 Å². The van der Waals surface area contributed by atoms with E-state index in [0.717, 1.165) is 25.7 Å². The van der Waals surface area contributed by atoms with Gasteiger partial charge in [0.1, 0.15) is 6.10 Å². The maximum Gasteiger partial charge on any atom is 0.303 e. The van der Waals surface area contributed by atoms with Gasteiger partial charge in [-0.3, -0.25) is 4.79 Å². The van der Waals surface area contributed by atoms with Crippen LogP contribution in [-0.4, -0.2) is 39.4 Å². The van der Waals surface area contributed by atoms with Crippen molar-refractivity contribution in [2.45, 2.75) is 109 Å². The van der Waals surface area contributed by atoms with Crippen molar-refractivity contribution in [1.29, 1.82) is 0 Å². The second kappa shape index (κ2) is 11.9. The molecule has 1 aliphatic rings. The van der Waals surface area contributed by atoms with E-state index in [1.807, 2.05) is 6.92 Å². The van der Waals surface area contributed by atoms with Crippen molar-refractivity contribution in [1.82, 2.24) is 0 Å². The lowest BCUT2D eigenvalue weighted by atomic mass is 9.81. The molecule has 0 aromatic carbocycles. The van der Waals surface area contributed by atoms with Crippen molar-refractivity contribution in [3.05, 3.63) is 0 Å². The van der Waals surface area contributed by atoms with Crippen LogP contribution < -0.4 is 0 Å². The Balaban J connectivity index is 2.43. The van der Waals surface area contributed by atoms with E-state index in [2.05, 4.69) is 6.92 Å². The molecule has 0 heterocycles. The van der Waals surface area contributed by atoms with Gasteiger partial charge < -0.3 is 15.3 Å². The third kappa shape index (κ3) is 8.43. The van der Waals surface area contributed by atoms with Gasteiger partial charge >= 0.3 is 5.97 Å². The molecule has 0 spiro atoms. The van der Waals surface area contributed by atoms with Crippen LogP contribution >= 0.6 is 0 Å². The van der Waals surface area contributed by atoms with Crippen molar-refractivity contribution in [2.75, 3.05) is 0 Å². The number of aliphatic carboxylic acids is 1. The molecule has 0 saturated heterocycles. The van der Waals surface area contributed by atoms with E-state index in [1.54, 1.807) is 0 Å². The number of carbonyl (C=O) groups is 1. The first-order valence-electron chi connectivity index (χ1n) is 10.6. The first kappa shape index (κ1) is 24.3. The van der Waals surface area contributed by atoms with Gasteiger partial charge in [0.05, 0.1) is 6.10 Å². The van der Waals surface area contributed by atoms with Crippen molar-refractivity contribution in [3.8, 4) is 0 Å². The van der Waals surface area contributed by atoms with Gasteiger partial charge in [0.15, 0.2) is 0 Å². The number of rotatable bonds is 14. The van der Waals surface area contributed by atoms with Gasteiger partial charge in [-0.2, -0.15) is 0 Å². The maximum absolute atomic E-state index is 14.0. The minimum Gasteiger partial charge on any atom is -0.481 e. The maximum atomic E-state index is 14.0. The van der Waals surface area contributed by atoms with Gasteiger partial charge in [0, 0.05) is 12.8 Å². The molecule has 1 unspecified atom stereocenters. The summed E-state index contributed by atoms with van der Waals surface area (Å²) >= 11 is 0. The second-order valence-electron chi connectivity index (χ2n) is 8.41. The normalized spacial score (nSPS) is 27.0. The van der Waals surface area contributed by atoms with Gasteiger partial charge in [0.2, 0.25) is 0 Å². The predicted molar refractivity (Wildman–Crippen MR) is 102 cm³/mol. The fraction of sp³-hybridized carbons (Fsp3) is 0.952. The largest absolute Gasteiger partial charge is 0.481 e. The molecule has 4 nitrogen and oxygen atoms in total. The third-order valence-electron chi connectivity index (χ3n) is 6.19. The van der Waals surface area contributed by atoms with E-state index in [4.69, 9.17) is 5.11 Å². The summed E-state index contributed by atoms with van der Waals surface area (Å²) in [4.78, 5) is 10.5. The van der Waals surface area contributed by atoms with Crippen LogP contribution in [0, 0.1) is 17.8 Å². The van der Waals surface area contributed by atoms with Crippen LogP contribution in [0.15, 0.2) is 0 Å². The van der Waals surface area contributed by atoms with Gasteiger partial charge in [-0.25, -0.2) is 8.78 Å². The summed E-state index contributed by atoms with van der Waals surface area (Å²) < 4.78 is 28.0. The number of carboxylic acid groups (broad SMARTS) is 1. The molecule has 160 valence electrons. The zero-order valence-electron chi connectivity index (χ0n) is 16.9. The first-order chi connectivity index (χ1) is 12.7. The monoisotopic (exact) mass is 392 g/mol. The molecule has 6 heteroatoms. The van der Waals surface area contributed by atoms with Crippen molar-refractivity contribution >= 4 is 5.97 Å². The van der Waals surface area contributed by atoms with Gasteiger partial charge in [-0.05, 0) is 56.3 Å². The Hall–Kier alpha value is -0.750. The number of hydrogen-bond donors (Lipinski definition) is 3. The summed E-state index contributed by atoms with van der Waals surface area (Å²) in [5, 5.41) is 29.0. The minimum absolute atomic E-state index is 0.0769. The van der Waals surface area contributed by atoms with E-state index in [0.29, 0.717) is 32.1 Å². The minimum atomic E-state index is -3.03. The molecular formula is C21H38F2O4. The number of aliphatic hydroxyl groups is 2. The number of hydrogen-bond acceptors (Lipinski definition) is 3. The summed E-state index contributed by atoms with van der Waals surface area (Å²) in [6.45, 7) is 3.92. The van der Waals surface area contributed by atoms with Gasteiger partial charge in [-0.1, -0.05) is 39.5 Å². The summed E-state index contributed by atoms with van der Waals surface area (Å²) in [6.07, 6.45) is 4.50. The van der Waals surface area contributed by atoms with E-state index in [-0.39, 0.29) is 37.0 Å². The van der Waals surface area contributed by atoms with Crippen LogP contribution in [0.4, 0.5) is 8.78 Å². The molecule has 0 aromatic rings. The Labute approximate surface area is 162 Å². The first-order valence-corrected chi connectivity index (χ1v) is 10.6. The second-order valence-corrected chi connectivity index (χ2v) is 8.41. The number of unbranched alkanes of at least 4 members (excludes halogenated alkanes) is 4.